The van der Waals surface area contributed by atoms with Crippen LogP contribution in [0.25, 0.3) is 0 Å². The SMILES string of the molecule is CCCCCCCCCCCCCC(OCCCCCCC)(OCCCCCCC)OOC. The van der Waals surface area contributed by atoms with Gasteiger partial charge in [0.2, 0.25) is 0 Å². The maximum Gasteiger partial charge on any atom is 0.312 e. The molecule has 200 valence electrons. The molecule has 0 aliphatic rings. The molecule has 0 radical (unpaired) electrons. The molecule has 0 heterocycles. The number of rotatable bonds is 28. The second kappa shape index (κ2) is 26.4. The minimum absolute atomic E-state index is 0.668. The van der Waals surface area contributed by atoms with Crippen molar-refractivity contribution in [1.82, 2.24) is 0 Å². The lowest BCUT2D eigenvalue weighted by Crippen LogP contribution is -2.40. The highest BCUT2D eigenvalue weighted by molar-refractivity contribution is 4.60. The maximum absolute atomic E-state index is 6.20. The standard InChI is InChI=1S/C29H60O4/c1-5-8-11-14-15-16-17-18-19-20-23-26-29(33-30-4,31-27-24-21-12-9-6-2)32-28-25-22-13-10-7-3/h5-28H2,1-4H3. The molecule has 0 spiro atoms. The fraction of sp³-hybridized carbons (Fsp3) is 1.00. The van der Waals surface area contributed by atoms with Crippen LogP contribution in [0.5, 0.6) is 0 Å². The van der Waals surface area contributed by atoms with Crippen LogP contribution in [-0.4, -0.2) is 26.3 Å². The van der Waals surface area contributed by atoms with E-state index in [-0.39, 0.29) is 0 Å². The molecule has 0 saturated carbocycles. The zero-order chi connectivity index (χ0) is 24.3. The molecule has 0 saturated heterocycles. The van der Waals surface area contributed by atoms with Gasteiger partial charge in [0.05, 0.1) is 20.3 Å². The zero-order valence-corrected chi connectivity index (χ0v) is 23.1. The first kappa shape index (κ1) is 32.8. The van der Waals surface area contributed by atoms with E-state index >= 15 is 0 Å². The number of hydrogen-bond acceptors (Lipinski definition) is 4. The van der Waals surface area contributed by atoms with Crippen LogP contribution >= 0.6 is 0 Å². The van der Waals surface area contributed by atoms with Crippen LogP contribution in [0.1, 0.15) is 162 Å². The van der Waals surface area contributed by atoms with Gasteiger partial charge in [0.15, 0.2) is 0 Å². The number of hydrogen-bond donors (Lipinski definition) is 0. The third kappa shape index (κ3) is 22.1. The fourth-order valence-electron chi connectivity index (χ4n) is 4.28. The lowest BCUT2D eigenvalue weighted by atomic mass is 10.0. The van der Waals surface area contributed by atoms with Crippen molar-refractivity contribution in [3.05, 3.63) is 0 Å². The molecule has 0 N–H and O–H groups in total. The molecule has 0 bridgehead atoms. The van der Waals surface area contributed by atoms with Crippen LogP contribution in [0.4, 0.5) is 0 Å². The highest BCUT2D eigenvalue weighted by atomic mass is 17.3. The van der Waals surface area contributed by atoms with E-state index in [1.54, 1.807) is 7.11 Å². The Labute approximate surface area is 207 Å². The summed E-state index contributed by atoms with van der Waals surface area (Å²) in [7, 11) is 1.56. The van der Waals surface area contributed by atoms with Gasteiger partial charge < -0.3 is 9.47 Å². The van der Waals surface area contributed by atoms with E-state index in [0.29, 0.717) is 13.2 Å². The summed E-state index contributed by atoms with van der Waals surface area (Å²) >= 11 is 0. The van der Waals surface area contributed by atoms with Gasteiger partial charge in [-0.25, -0.2) is 4.89 Å². The van der Waals surface area contributed by atoms with Crippen molar-refractivity contribution in [2.75, 3.05) is 20.3 Å². The van der Waals surface area contributed by atoms with Crippen molar-refractivity contribution in [3.63, 3.8) is 0 Å². The lowest BCUT2D eigenvalue weighted by molar-refractivity contribution is -0.501. The maximum atomic E-state index is 6.20. The predicted molar refractivity (Wildman–Crippen MR) is 141 cm³/mol. The van der Waals surface area contributed by atoms with Crippen LogP contribution in [0.15, 0.2) is 0 Å². The van der Waals surface area contributed by atoms with Crippen molar-refractivity contribution >= 4 is 0 Å². The van der Waals surface area contributed by atoms with Crippen LogP contribution < -0.4 is 0 Å². The predicted octanol–water partition coefficient (Wildman–Crippen LogP) is 9.89. The third-order valence-electron chi connectivity index (χ3n) is 6.44. The van der Waals surface area contributed by atoms with Gasteiger partial charge in [-0.3, -0.25) is 0 Å². The van der Waals surface area contributed by atoms with Crippen LogP contribution in [0.3, 0.4) is 0 Å². The topological polar surface area (TPSA) is 36.9 Å². The zero-order valence-electron chi connectivity index (χ0n) is 23.1. The van der Waals surface area contributed by atoms with Gasteiger partial charge in [-0.2, -0.15) is 4.89 Å². The Bertz CT molecular complexity index is 346. The molecule has 0 atom stereocenters. The molecule has 0 aliphatic carbocycles. The Kier molecular flexibility index (Phi) is 26.3. The molecule has 0 aliphatic heterocycles. The van der Waals surface area contributed by atoms with E-state index in [9.17, 15) is 0 Å². The van der Waals surface area contributed by atoms with Crippen molar-refractivity contribution in [2.24, 2.45) is 0 Å². The molecule has 33 heavy (non-hydrogen) atoms. The molecule has 0 aromatic heterocycles. The first-order valence-electron chi connectivity index (χ1n) is 14.7. The first-order valence-corrected chi connectivity index (χ1v) is 14.7. The monoisotopic (exact) mass is 472 g/mol. The van der Waals surface area contributed by atoms with Crippen LogP contribution in [0, 0.1) is 0 Å². The van der Waals surface area contributed by atoms with E-state index in [0.717, 1.165) is 25.7 Å². The van der Waals surface area contributed by atoms with E-state index in [1.807, 2.05) is 0 Å². The minimum atomic E-state index is -1.04. The van der Waals surface area contributed by atoms with Crippen LogP contribution in [0.2, 0.25) is 0 Å². The molecule has 0 unspecified atom stereocenters. The third-order valence-corrected chi connectivity index (χ3v) is 6.44. The summed E-state index contributed by atoms with van der Waals surface area (Å²) in [6, 6.07) is 0. The largest absolute Gasteiger partial charge is 0.326 e. The van der Waals surface area contributed by atoms with Gasteiger partial charge in [0.25, 0.3) is 0 Å². The lowest BCUT2D eigenvalue weighted by Gasteiger charge is -2.31. The van der Waals surface area contributed by atoms with E-state index < -0.39 is 5.97 Å². The molecule has 0 aromatic rings. The first-order chi connectivity index (χ1) is 16.2. The fourth-order valence-corrected chi connectivity index (χ4v) is 4.28. The summed E-state index contributed by atoms with van der Waals surface area (Å²) in [5.74, 6) is -1.04. The summed E-state index contributed by atoms with van der Waals surface area (Å²) in [5, 5.41) is 0. The van der Waals surface area contributed by atoms with Crippen molar-refractivity contribution < 1.29 is 19.2 Å². The summed E-state index contributed by atoms with van der Waals surface area (Å²) in [5.41, 5.74) is 0. The molecule has 0 aromatic carbocycles. The normalized spacial score (nSPS) is 12.0. The Morgan fingerprint density at radius 2 is 0.758 bits per heavy atom. The molecule has 4 nitrogen and oxygen atoms in total. The van der Waals surface area contributed by atoms with Crippen molar-refractivity contribution in [3.8, 4) is 0 Å². The van der Waals surface area contributed by atoms with Gasteiger partial charge in [-0.1, -0.05) is 136 Å². The molecule has 4 heteroatoms. The molecular formula is C29H60O4. The molecule has 0 amide bonds. The summed E-state index contributed by atoms with van der Waals surface area (Å²) in [4.78, 5) is 10.7. The molecule has 0 rings (SSSR count). The quantitative estimate of drug-likeness (QED) is 0.0491. The Morgan fingerprint density at radius 3 is 1.12 bits per heavy atom. The highest BCUT2D eigenvalue weighted by Crippen LogP contribution is 2.26. The molecular weight excluding hydrogens is 412 g/mol. The number of unbranched alkanes of at least 4 members (excludes halogenated alkanes) is 18. The second-order valence-corrected chi connectivity index (χ2v) is 9.74. The average Bonchev–Trinajstić information content (AvgIpc) is 2.82. The number of ether oxygens (including phenoxy) is 2. The van der Waals surface area contributed by atoms with E-state index in [2.05, 4.69) is 20.8 Å². The smallest absolute Gasteiger partial charge is 0.312 e. The van der Waals surface area contributed by atoms with E-state index in [4.69, 9.17) is 19.2 Å². The van der Waals surface area contributed by atoms with Gasteiger partial charge in [0, 0.05) is 6.42 Å². The van der Waals surface area contributed by atoms with E-state index in [1.165, 1.54) is 116 Å². The second-order valence-electron chi connectivity index (χ2n) is 9.74. The van der Waals surface area contributed by atoms with Crippen LogP contribution in [-0.2, 0) is 19.2 Å². The Hall–Kier alpha value is -0.160. The van der Waals surface area contributed by atoms with Gasteiger partial charge >= 0.3 is 5.97 Å². The van der Waals surface area contributed by atoms with Gasteiger partial charge in [-0.05, 0) is 19.3 Å². The minimum Gasteiger partial charge on any atom is -0.326 e. The Morgan fingerprint density at radius 1 is 0.424 bits per heavy atom. The van der Waals surface area contributed by atoms with Gasteiger partial charge in [-0.15, -0.1) is 0 Å². The summed E-state index contributed by atoms with van der Waals surface area (Å²) in [6.45, 7) is 8.11. The highest BCUT2D eigenvalue weighted by Gasteiger charge is 2.34. The summed E-state index contributed by atoms with van der Waals surface area (Å²) in [6.07, 6.45) is 27.5. The average molecular weight is 473 g/mol. The Balaban J connectivity index is 4.27. The van der Waals surface area contributed by atoms with Gasteiger partial charge in [0.1, 0.15) is 0 Å². The molecule has 0 fully saturated rings. The van der Waals surface area contributed by atoms with Crippen molar-refractivity contribution in [2.45, 2.75) is 168 Å². The summed E-state index contributed by atoms with van der Waals surface area (Å²) < 4.78 is 12.4. The van der Waals surface area contributed by atoms with Crippen molar-refractivity contribution in [1.29, 1.82) is 0 Å².